The van der Waals surface area contributed by atoms with Crippen LogP contribution in [0.25, 0.3) is 5.82 Å². The molecule has 112 valence electrons. The van der Waals surface area contributed by atoms with Gasteiger partial charge in [0.2, 0.25) is 0 Å². The Morgan fingerprint density at radius 2 is 2.09 bits per heavy atom. The predicted molar refractivity (Wildman–Crippen MR) is 90.8 cm³/mol. The molecule has 1 amide bonds. The van der Waals surface area contributed by atoms with E-state index in [2.05, 4.69) is 31.3 Å². The van der Waals surface area contributed by atoms with Gasteiger partial charge in [-0.2, -0.15) is 5.10 Å². The van der Waals surface area contributed by atoms with Gasteiger partial charge in [-0.3, -0.25) is 4.79 Å². The van der Waals surface area contributed by atoms with Crippen molar-refractivity contribution in [3.05, 3.63) is 56.6 Å². The molecule has 0 unspecified atom stereocenters. The summed E-state index contributed by atoms with van der Waals surface area (Å²) < 4.78 is 2.70. The lowest BCUT2D eigenvalue weighted by Gasteiger charge is -2.06. The summed E-state index contributed by atoms with van der Waals surface area (Å²) >= 11 is 4.74. The lowest BCUT2D eigenvalue weighted by atomic mass is 10.3. The van der Waals surface area contributed by atoms with Crippen LogP contribution in [0.4, 0.5) is 5.69 Å². The summed E-state index contributed by atoms with van der Waals surface area (Å²) in [4.78, 5) is 17.1. The largest absolute Gasteiger partial charge is 0.320 e. The van der Waals surface area contributed by atoms with Crippen LogP contribution in [-0.2, 0) is 0 Å². The smallest absolute Gasteiger partial charge is 0.265 e. The van der Waals surface area contributed by atoms with Gasteiger partial charge < -0.3 is 5.32 Å². The van der Waals surface area contributed by atoms with E-state index >= 15 is 0 Å². The molecule has 7 heteroatoms. The van der Waals surface area contributed by atoms with Crippen LogP contribution in [0, 0.1) is 13.8 Å². The van der Waals surface area contributed by atoms with Crippen molar-refractivity contribution in [2.24, 2.45) is 0 Å². The Balaban J connectivity index is 1.77. The average molecular weight is 377 g/mol. The number of aryl methyl sites for hydroxylation is 2. The van der Waals surface area contributed by atoms with Crippen molar-refractivity contribution in [1.29, 1.82) is 0 Å². The SMILES string of the molecule is Cc1cc(C)n(-c2ccc(NC(=O)c3ccc(Br)s3)cn2)n1. The fraction of sp³-hybridized carbons (Fsp3) is 0.133. The Morgan fingerprint density at radius 3 is 2.64 bits per heavy atom. The van der Waals surface area contributed by atoms with Crippen LogP contribution >= 0.6 is 27.3 Å². The van der Waals surface area contributed by atoms with Crippen LogP contribution < -0.4 is 5.32 Å². The molecule has 0 aliphatic carbocycles. The Labute approximate surface area is 140 Å². The lowest BCUT2D eigenvalue weighted by Crippen LogP contribution is -2.10. The van der Waals surface area contributed by atoms with E-state index in [0.29, 0.717) is 10.6 Å². The summed E-state index contributed by atoms with van der Waals surface area (Å²) in [5.74, 6) is 0.582. The molecule has 0 fully saturated rings. The molecule has 0 bridgehead atoms. The zero-order chi connectivity index (χ0) is 15.7. The number of carbonyl (C=O) groups is 1. The van der Waals surface area contributed by atoms with Gasteiger partial charge in [0, 0.05) is 5.69 Å². The molecule has 0 saturated carbocycles. The minimum Gasteiger partial charge on any atom is -0.320 e. The second kappa shape index (κ2) is 6.02. The normalized spacial score (nSPS) is 10.7. The van der Waals surface area contributed by atoms with Crippen molar-refractivity contribution in [3.8, 4) is 5.82 Å². The highest BCUT2D eigenvalue weighted by atomic mass is 79.9. The number of amides is 1. The quantitative estimate of drug-likeness (QED) is 0.752. The first-order chi connectivity index (χ1) is 10.5. The van der Waals surface area contributed by atoms with Crippen LogP contribution in [0.2, 0.25) is 0 Å². The van der Waals surface area contributed by atoms with E-state index < -0.39 is 0 Å². The van der Waals surface area contributed by atoms with Crippen LogP contribution in [0.5, 0.6) is 0 Å². The lowest BCUT2D eigenvalue weighted by molar-refractivity contribution is 0.103. The number of hydrogen-bond donors (Lipinski definition) is 1. The first-order valence-corrected chi connectivity index (χ1v) is 8.20. The van der Waals surface area contributed by atoms with Gasteiger partial charge in [-0.05, 0) is 60.1 Å². The topological polar surface area (TPSA) is 59.8 Å². The molecule has 0 aliphatic heterocycles. The number of hydrogen-bond acceptors (Lipinski definition) is 4. The maximum absolute atomic E-state index is 12.1. The molecule has 0 atom stereocenters. The molecule has 0 aliphatic rings. The molecule has 1 N–H and O–H groups in total. The molecule has 0 radical (unpaired) electrons. The standard InChI is InChI=1S/C15H13BrN4OS/c1-9-7-10(2)20(19-9)14-6-3-11(8-17-14)18-15(21)12-4-5-13(16)22-12/h3-8H,1-2H3,(H,18,21). The third-order valence-electron chi connectivity index (χ3n) is 3.03. The van der Waals surface area contributed by atoms with Gasteiger partial charge in [-0.15, -0.1) is 11.3 Å². The zero-order valence-corrected chi connectivity index (χ0v) is 14.4. The number of nitrogens with one attached hydrogen (secondary N) is 1. The molecule has 0 spiro atoms. The number of thiophene rings is 1. The molecular weight excluding hydrogens is 364 g/mol. The minimum absolute atomic E-state index is 0.142. The molecule has 0 aromatic carbocycles. The molecule has 22 heavy (non-hydrogen) atoms. The van der Waals surface area contributed by atoms with Crippen LogP contribution in [0.1, 0.15) is 21.1 Å². The number of rotatable bonds is 3. The second-order valence-corrected chi connectivity index (χ2v) is 7.26. The maximum Gasteiger partial charge on any atom is 0.265 e. The number of carbonyl (C=O) groups excluding carboxylic acids is 1. The number of aromatic nitrogens is 3. The van der Waals surface area contributed by atoms with E-state index in [1.807, 2.05) is 38.1 Å². The minimum atomic E-state index is -0.142. The Kier molecular flexibility index (Phi) is 4.08. The van der Waals surface area contributed by atoms with Crippen LogP contribution in [0.15, 0.2) is 40.3 Å². The monoisotopic (exact) mass is 376 g/mol. The summed E-state index contributed by atoms with van der Waals surface area (Å²) in [6.07, 6.45) is 1.63. The molecule has 3 heterocycles. The molecule has 5 nitrogen and oxygen atoms in total. The molecule has 0 saturated heterocycles. The summed E-state index contributed by atoms with van der Waals surface area (Å²) in [6, 6.07) is 9.27. The number of halogens is 1. The van der Waals surface area contributed by atoms with Crippen LogP contribution in [-0.4, -0.2) is 20.7 Å². The van der Waals surface area contributed by atoms with E-state index in [0.717, 1.165) is 21.0 Å². The van der Waals surface area contributed by atoms with Crippen LogP contribution in [0.3, 0.4) is 0 Å². The fourth-order valence-corrected chi connectivity index (χ4v) is 3.36. The second-order valence-electron chi connectivity index (χ2n) is 4.80. The van der Waals surface area contributed by atoms with Crippen molar-refractivity contribution in [2.75, 3.05) is 5.32 Å². The van der Waals surface area contributed by atoms with Gasteiger partial charge in [0.1, 0.15) is 0 Å². The Hall–Kier alpha value is -1.99. The molecule has 3 aromatic rings. The third-order valence-corrected chi connectivity index (χ3v) is 4.65. The summed E-state index contributed by atoms with van der Waals surface area (Å²) in [5, 5.41) is 7.21. The number of nitrogens with zero attached hydrogens (tertiary/aromatic N) is 3. The average Bonchev–Trinajstić information content (AvgIpc) is 3.05. The molecular formula is C15H13BrN4OS. The number of pyridine rings is 1. The van der Waals surface area contributed by atoms with Crippen molar-refractivity contribution >= 4 is 38.9 Å². The summed E-state index contributed by atoms with van der Waals surface area (Å²) in [7, 11) is 0. The van der Waals surface area contributed by atoms with E-state index in [1.165, 1.54) is 11.3 Å². The summed E-state index contributed by atoms with van der Waals surface area (Å²) in [6.45, 7) is 3.92. The molecule has 3 aromatic heterocycles. The number of anilines is 1. The first-order valence-electron chi connectivity index (χ1n) is 6.59. The third kappa shape index (κ3) is 3.10. The van der Waals surface area contributed by atoms with E-state index in [-0.39, 0.29) is 5.91 Å². The van der Waals surface area contributed by atoms with Gasteiger partial charge in [-0.25, -0.2) is 9.67 Å². The van der Waals surface area contributed by atoms with E-state index in [9.17, 15) is 4.79 Å². The Morgan fingerprint density at radius 1 is 1.27 bits per heavy atom. The van der Waals surface area contributed by atoms with E-state index in [1.54, 1.807) is 16.9 Å². The van der Waals surface area contributed by atoms with Gasteiger partial charge in [0.25, 0.3) is 5.91 Å². The first kappa shape index (κ1) is 14.9. The fourth-order valence-electron chi connectivity index (χ4n) is 2.08. The van der Waals surface area contributed by atoms with Crippen molar-refractivity contribution in [2.45, 2.75) is 13.8 Å². The molecule has 3 rings (SSSR count). The predicted octanol–water partition coefficient (Wildman–Crippen LogP) is 3.96. The highest BCUT2D eigenvalue weighted by Gasteiger charge is 2.10. The van der Waals surface area contributed by atoms with Gasteiger partial charge in [0.15, 0.2) is 5.82 Å². The van der Waals surface area contributed by atoms with Crippen molar-refractivity contribution in [1.82, 2.24) is 14.8 Å². The Bertz CT molecular complexity index is 822. The van der Waals surface area contributed by atoms with E-state index in [4.69, 9.17) is 0 Å². The maximum atomic E-state index is 12.1. The zero-order valence-electron chi connectivity index (χ0n) is 12.0. The highest BCUT2D eigenvalue weighted by Crippen LogP contribution is 2.23. The highest BCUT2D eigenvalue weighted by molar-refractivity contribution is 9.11. The van der Waals surface area contributed by atoms with Gasteiger partial charge in [0.05, 0.1) is 26.2 Å². The van der Waals surface area contributed by atoms with Crippen molar-refractivity contribution < 1.29 is 4.79 Å². The van der Waals surface area contributed by atoms with Crippen molar-refractivity contribution in [3.63, 3.8) is 0 Å². The van der Waals surface area contributed by atoms with Gasteiger partial charge >= 0.3 is 0 Å². The summed E-state index contributed by atoms with van der Waals surface area (Å²) in [5.41, 5.74) is 2.62. The van der Waals surface area contributed by atoms with Gasteiger partial charge in [-0.1, -0.05) is 0 Å².